The van der Waals surface area contributed by atoms with E-state index in [2.05, 4.69) is 25.8 Å². The van der Waals surface area contributed by atoms with Crippen LogP contribution in [0.25, 0.3) is 0 Å². The molecule has 0 rings (SSSR count). The van der Waals surface area contributed by atoms with Crippen molar-refractivity contribution >= 4 is 11.6 Å². The van der Waals surface area contributed by atoms with Crippen LogP contribution in [0.15, 0.2) is 0 Å². The third-order valence-corrected chi connectivity index (χ3v) is 1.95. The fourth-order valence-electron chi connectivity index (χ4n) is 0.710. The van der Waals surface area contributed by atoms with Gasteiger partial charge in [0.1, 0.15) is 0 Å². The summed E-state index contributed by atoms with van der Waals surface area (Å²) in [5.74, 6) is 1.39. The lowest BCUT2D eigenvalue weighted by Crippen LogP contribution is -2.24. The number of hydrogen-bond acceptors (Lipinski definition) is 1. The highest BCUT2D eigenvalue weighted by Crippen LogP contribution is 1.99. The van der Waals surface area contributed by atoms with E-state index in [9.17, 15) is 0 Å². The first kappa shape index (κ1) is 9.25. The Bertz CT molecular complexity index is 57.9. The van der Waals surface area contributed by atoms with Gasteiger partial charge in [0, 0.05) is 12.4 Å². The molecule has 0 bridgehead atoms. The Balaban J connectivity index is 3.22. The fraction of sp³-hybridized carbons (Fsp3) is 1.00. The van der Waals surface area contributed by atoms with Crippen molar-refractivity contribution < 1.29 is 0 Å². The lowest BCUT2D eigenvalue weighted by molar-refractivity contribution is 0.312. The van der Waals surface area contributed by atoms with Gasteiger partial charge in [0.05, 0.1) is 0 Å². The van der Waals surface area contributed by atoms with Crippen LogP contribution >= 0.6 is 11.6 Å². The highest BCUT2D eigenvalue weighted by atomic mass is 35.5. The maximum atomic E-state index is 5.63. The predicted octanol–water partition coefficient (Wildman–Crippen LogP) is 1.81. The Kier molecular flexibility index (Phi) is 5.21. The molecule has 2 heteroatoms. The van der Waals surface area contributed by atoms with Gasteiger partial charge in [-0.05, 0) is 19.5 Å². The molecule has 0 heterocycles. The van der Waals surface area contributed by atoms with Crippen molar-refractivity contribution in [1.82, 2.24) is 4.90 Å². The molecule has 0 aromatic rings. The van der Waals surface area contributed by atoms with E-state index in [0.29, 0.717) is 5.92 Å². The summed E-state index contributed by atoms with van der Waals surface area (Å²) < 4.78 is 0. The van der Waals surface area contributed by atoms with E-state index in [-0.39, 0.29) is 0 Å². The molecule has 56 valence electrons. The fourth-order valence-corrected chi connectivity index (χ4v) is 0.808. The first-order valence-electron chi connectivity index (χ1n) is 3.45. The largest absolute Gasteiger partial charge is 0.306 e. The summed E-state index contributed by atoms with van der Waals surface area (Å²) in [5, 5.41) is 0. The van der Waals surface area contributed by atoms with Crippen molar-refractivity contribution in [3.05, 3.63) is 0 Å². The summed E-state index contributed by atoms with van der Waals surface area (Å²) in [6, 6.07) is 0. The Hall–Kier alpha value is 0.250. The number of nitrogens with zero attached hydrogens (tertiary/aromatic N) is 1. The quantitative estimate of drug-likeness (QED) is 0.552. The van der Waals surface area contributed by atoms with Crippen LogP contribution in [0, 0.1) is 5.92 Å². The second-order valence-electron chi connectivity index (χ2n) is 2.61. The molecule has 9 heavy (non-hydrogen) atoms. The molecule has 0 saturated heterocycles. The number of hydrogen-bond donors (Lipinski definition) is 0. The Labute approximate surface area is 63.0 Å². The predicted molar refractivity (Wildman–Crippen MR) is 43.1 cm³/mol. The minimum Gasteiger partial charge on any atom is -0.306 e. The molecule has 1 atom stereocenters. The summed E-state index contributed by atoms with van der Waals surface area (Å²) in [5.41, 5.74) is 0. The molecule has 0 aliphatic carbocycles. The van der Waals surface area contributed by atoms with E-state index < -0.39 is 0 Å². The van der Waals surface area contributed by atoms with Crippen molar-refractivity contribution in [3.8, 4) is 0 Å². The maximum Gasteiger partial charge on any atom is 0.0261 e. The molecular weight excluding hydrogens is 134 g/mol. The SMILES string of the molecule is CCN(C)CC(C)CCl. The van der Waals surface area contributed by atoms with Crippen LogP contribution in [0.4, 0.5) is 0 Å². The van der Waals surface area contributed by atoms with Gasteiger partial charge in [-0.1, -0.05) is 13.8 Å². The molecule has 0 saturated carbocycles. The van der Waals surface area contributed by atoms with Crippen molar-refractivity contribution in [1.29, 1.82) is 0 Å². The van der Waals surface area contributed by atoms with Crippen molar-refractivity contribution in [3.63, 3.8) is 0 Å². The van der Waals surface area contributed by atoms with Gasteiger partial charge in [0.2, 0.25) is 0 Å². The van der Waals surface area contributed by atoms with E-state index in [0.717, 1.165) is 19.0 Å². The third kappa shape index (κ3) is 4.73. The second kappa shape index (κ2) is 5.07. The van der Waals surface area contributed by atoms with Crippen molar-refractivity contribution in [2.45, 2.75) is 13.8 Å². The monoisotopic (exact) mass is 149 g/mol. The third-order valence-electron chi connectivity index (χ3n) is 1.43. The van der Waals surface area contributed by atoms with Crippen molar-refractivity contribution in [2.75, 3.05) is 26.0 Å². The van der Waals surface area contributed by atoms with Crippen molar-refractivity contribution in [2.24, 2.45) is 5.92 Å². The number of halogens is 1. The van der Waals surface area contributed by atoms with Gasteiger partial charge >= 0.3 is 0 Å². The number of alkyl halides is 1. The minimum atomic E-state index is 0.622. The van der Waals surface area contributed by atoms with Crippen LogP contribution in [0.3, 0.4) is 0 Å². The van der Waals surface area contributed by atoms with Crippen LogP contribution in [0.5, 0.6) is 0 Å². The summed E-state index contributed by atoms with van der Waals surface area (Å²) in [4.78, 5) is 2.27. The molecule has 0 radical (unpaired) electrons. The molecule has 0 aliphatic rings. The molecule has 1 nitrogen and oxygen atoms in total. The molecule has 0 N–H and O–H groups in total. The Morgan fingerprint density at radius 3 is 2.44 bits per heavy atom. The van der Waals surface area contributed by atoms with E-state index >= 15 is 0 Å². The zero-order valence-electron chi connectivity index (χ0n) is 6.52. The van der Waals surface area contributed by atoms with Gasteiger partial charge in [-0.3, -0.25) is 0 Å². The first-order chi connectivity index (χ1) is 4.20. The van der Waals surface area contributed by atoms with Crippen LogP contribution in [-0.4, -0.2) is 30.9 Å². The lowest BCUT2D eigenvalue weighted by Gasteiger charge is -2.16. The summed E-state index contributed by atoms with van der Waals surface area (Å²) in [6.45, 7) is 6.54. The lowest BCUT2D eigenvalue weighted by atomic mass is 10.2. The molecule has 0 aromatic heterocycles. The average Bonchev–Trinajstić information content (AvgIpc) is 1.87. The molecular formula is C7H16ClN. The van der Waals surface area contributed by atoms with Gasteiger partial charge in [0.15, 0.2) is 0 Å². The Morgan fingerprint density at radius 1 is 1.56 bits per heavy atom. The zero-order chi connectivity index (χ0) is 7.28. The van der Waals surface area contributed by atoms with E-state index in [1.54, 1.807) is 0 Å². The van der Waals surface area contributed by atoms with Crippen LogP contribution < -0.4 is 0 Å². The first-order valence-corrected chi connectivity index (χ1v) is 3.98. The molecule has 0 fully saturated rings. The zero-order valence-corrected chi connectivity index (χ0v) is 7.28. The normalized spacial score (nSPS) is 14.3. The van der Waals surface area contributed by atoms with Gasteiger partial charge in [-0.25, -0.2) is 0 Å². The minimum absolute atomic E-state index is 0.622. The molecule has 0 aromatic carbocycles. The van der Waals surface area contributed by atoms with Gasteiger partial charge in [-0.2, -0.15) is 0 Å². The average molecular weight is 150 g/mol. The van der Waals surface area contributed by atoms with E-state index in [1.165, 1.54) is 0 Å². The van der Waals surface area contributed by atoms with Gasteiger partial charge in [-0.15, -0.1) is 11.6 Å². The van der Waals surface area contributed by atoms with Crippen LogP contribution in [-0.2, 0) is 0 Å². The molecule has 0 aliphatic heterocycles. The van der Waals surface area contributed by atoms with Crippen LogP contribution in [0.1, 0.15) is 13.8 Å². The standard InChI is InChI=1S/C7H16ClN/c1-4-9(3)6-7(2)5-8/h7H,4-6H2,1-3H3. The highest BCUT2D eigenvalue weighted by molar-refractivity contribution is 6.18. The maximum absolute atomic E-state index is 5.63. The van der Waals surface area contributed by atoms with E-state index in [4.69, 9.17) is 11.6 Å². The second-order valence-corrected chi connectivity index (χ2v) is 2.92. The summed E-state index contributed by atoms with van der Waals surface area (Å²) >= 11 is 5.63. The van der Waals surface area contributed by atoms with Crippen LogP contribution in [0.2, 0.25) is 0 Å². The number of rotatable bonds is 4. The van der Waals surface area contributed by atoms with Gasteiger partial charge in [0.25, 0.3) is 0 Å². The van der Waals surface area contributed by atoms with Gasteiger partial charge < -0.3 is 4.90 Å². The molecule has 0 amide bonds. The smallest absolute Gasteiger partial charge is 0.0261 e. The molecule has 1 unspecified atom stereocenters. The summed E-state index contributed by atoms with van der Waals surface area (Å²) in [7, 11) is 2.11. The molecule has 0 spiro atoms. The summed E-state index contributed by atoms with van der Waals surface area (Å²) in [6.07, 6.45) is 0. The Morgan fingerprint density at radius 2 is 2.11 bits per heavy atom. The van der Waals surface area contributed by atoms with E-state index in [1.807, 2.05) is 0 Å². The topological polar surface area (TPSA) is 3.24 Å². The highest BCUT2D eigenvalue weighted by Gasteiger charge is 2.01.